The predicted molar refractivity (Wildman–Crippen MR) is 78.6 cm³/mol. The van der Waals surface area contributed by atoms with Gasteiger partial charge >= 0.3 is 0 Å². The summed E-state index contributed by atoms with van der Waals surface area (Å²) in [4.78, 5) is 13.4. The molecule has 0 radical (unpaired) electrons. The Balaban J connectivity index is 2.41. The first kappa shape index (κ1) is 15.5. The summed E-state index contributed by atoms with van der Waals surface area (Å²) in [5, 5.41) is 2.84. The third-order valence-electron chi connectivity index (χ3n) is 2.56. The van der Waals surface area contributed by atoms with Gasteiger partial charge in [-0.1, -0.05) is 13.8 Å². The molecular weight excluding hydrogens is 240 g/mol. The smallest absolute Gasteiger partial charge is 0.238 e. The Morgan fingerprint density at radius 3 is 2.42 bits per heavy atom. The van der Waals surface area contributed by atoms with Crippen LogP contribution in [-0.4, -0.2) is 38.1 Å². The Bertz CT molecular complexity index is 386. The Hall–Kier alpha value is -1.55. The average molecular weight is 264 g/mol. The number of likely N-dealkylation sites (N-methyl/N-ethyl adjacent to an activating group) is 1. The third kappa shape index (κ3) is 6.82. The molecule has 106 valence electrons. The van der Waals surface area contributed by atoms with Crippen molar-refractivity contribution in [3.05, 3.63) is 24.3 Å². The molecule has 19 heavy (non-hydrogen) atoms. The Morgan fingerprint density at radius 2 is 1.89 bits per heavy atom. The number of carbonyl (C=O) groups is 1. The number of nitrogens with zero attached hydrogens (tertiary/aromatic N) is 1. The summed E-state index contributed by atoms with van der Waals surface area (Å²) < 4.78 is 5.62. The summed E-state index contributed by atoms with van der Waals surface area (Å²) in [5.41, 5.74) is 0.794. The van der Waals surface area contributed by atoms with E-state index in [4.69, 9.17) is 4.74 Å². The third-order valence-corrected chi connectivity index (χ3v) is 2.56. The summed E-state index contributed by atoms with van der Waals surface area (Å²) in [7, 11) is 3.73. The molecule has 4 nitrogen and oxygen atoms in total. The van der Waals surface area contributed by atoms with Crippen LogP contribution in [0.4, 0.5) is 5.69 Å². The molecular formula is C15H24N2O2. The van der Waals surface area contributed by atoms with Gasteiger partial charge in [-0.2, -0.15) is 0 Å². The molecule has 0 aliphatic rings. The normalized spacial score (nSPS) is 10.8. The van der Waals surface area contributed by atoms with Crippen molar-refractivity contribution in [2.24, 2.45) is 5.92 Å². The highest BCUT2D eigenvalue weighted by molar-refractivity contribution is 5.92. The second-order valence-corrected chi connectivity index (χ2v) is 5.34. The molecule has 0 atom stereocenters. The molecule has 1 aromatic rings. The summed E-state index contributed by atoms with van der Waals surface area (Å²) in [6.07, 6.45) is 1.04. The Kier molecular flexibility index (Phi) is 6.36. The fraction of sp³-hybridized carbons (Fsp3) is 0.533. The number of ether oxygens (including phenoxy) is 1. The standard InChI is InChI=1S/C15H24N2O2/c1-12(2)9-10-19-14-7-5-13(6-8-14)16-15(18)11-17(3)4/h5-8,12H,9-11H2,1-4H3,(H,16,18). The lowest BCUT2D eigenvalue weighted by Gasteiger charge is -2.11. The zero-order chi connectivity index (χ0) is 14.3. The predicted octanol–water partition coefficient (Wildman–Crippen LogP) is 2.61. The lowest BCUT2D eigenvalue weighted by atomic mass is 10.1. The van der Waals surface area contributed by atoms with Crippen LogP contribution in [0, 0.1) is 5.92 Å². The SMILES string of the molecule is CC(C)CCOc1ccc(NC(=O)CN(C)C)cc1. The maximum absolute atomic E-state index is 11.6. The second-order valence-electron chi connectivity index (χ2n) is 5.34. The van der Waals surface area contributed by atoms with Crippen molar-refractivity contribution in [3.8, 4) is 5.75 Å². The highest BCUT2D eigenvalue weighted by Crippen LogP contribution is 2.16. The molecule has 0 unspecified atom stereocenters. The summed E-state index contributed by atoms with van der Waals surface area (Å²) >= 11 is 0. The quantitative estimate of drug-likeness (QED) is 0.823. The van der Waals surface area contributed by atoms with Crippen molar-refractivity contribution in [2.75, 3.05) is 32.6 Å². The molecule has 4 heteroatoms. The van der Waals surface area contributed by atoms with Gasteiger partial charge in [-0.15, -0.1) is 0 Å². The van der Waals surface area contributed by atoms with Gasteiger partial charge in [0.05, 0.1) is 13.2 Å². The van der Waals surface area contributed by atoms with Crippen LogP contribution in [0.5, 0.6) is 5.75 Å². The number of rotatable bonds is 7. The zero-order valence-corrected chi connectivity index (χ0v) is 12.3. The molecule has 1 amide bonds. The van der Waals surface area contributed by atoms with Crippen molar-refractivity contribution in [1.82, 2.24) is 4.90 Å². The van der Waals surface area contributed by atoms with E-state index < -0.39 is 0 Å². The van der Waals surface area contributed by atoms with Crippen molar-refractivity contribution in [2.45, 2.75) is 20.3 Å². The summed E-state index contributed by atoms with van der Waals surface area (Å²) in [6, 6.07) is 7.48. The van der Waals surface area contributed by atoms with Crippen molar-refractivity contribution >= 4 is 11.6 Å². The lowest BCUT2D eigenvalue weighted by Crippen LogP contribution is -2.27. The van der Waals surface area contributed by atoms with Crippen molar-refractivity contribution in [1.29, 1.82) is 0 Å². The number of nitrogens with one attached hydrogen (secondary N) is 1. The van der Waals surface area contributed by atoms with Gasteiger partial charge in [0, 0.05) is 5.69 Å². The monoisotopic (exact) mass is 264 g/mol. The lowest BCUT2D eigenvalue weighted by molar-refractivity contribution is -0.116. The van der Waals surface area contributed by atoms with Crippen molar-refractivity contribution < 1.29 is 9.53 Å². The fourth-order valence-corrected chi connectivity index (χ4v) is 1.53. The summed E-state index contributed by atoms with van der Waals surface area (Å²) in [5.74, 6) is 1.47. The molecule has 1 rings (SSSR count). The minimum atomic E-state index is -0.0153. The minimum absolute atomic E-state index is 0.0153. The molecule has 0 aromatic heterocycles. The van der Waals surface area contributed by atoms with Gasteiger partial charge in [0.15, 0.2) is 0 Å². The molecule has 0 saturated carbocycles. The van der Waals surface area contributed by atoms with E-state index in [0.29, 0.717) is 12.5 Å². The number of amides is 1. The van der Waals surface area contributed by atoms with Gasteiger partial charge in [-0.05, 0) is 50.7 Å². The highest BCUT2D eigenvalue weighted by atomic mass is 16.5. The number of hydrogen-bond acceptors (Lipinski definition) is 3. The molecule has 1 aromatic carbocycles. The maximum Gasteiger partial charge on any atom is 0.238 e. The van der Waals surface area contributed by atoms with Crippen LogP contribution in [0.1, 0.15) is 20.3 Å². The molecule has 1 N–H and O–H groups in total. The molecule has 0 fully saturated rings. The van der Waals surface area contributed by atoms with E-state index in [0.717, 1.165) is 24.5 Å². The molecule has 0 aliphatic heterocycles. The van der Waals surface area contributed by atoms with Gasteiger partial charge in [0.2, 0.25) is 5.91 Å². The second kappa shape index (κ2) is 7.79. The van der Waals surface area contributed by atoms with Gasteiger partial charge in [-0.3, -0.25) is 4.79 Å². The van der Waals surface area contributed by atoms with E-state index in [1.807, 2.05) is 43.3 Å². The Labute approximate surface area is 115 Å². The first-order valence-corrected chi connectivity index (χ1v) is 6.65. The number of carbonyl (C=O) groups excluding carboxylic acids is 1. The largest absolute Gasteiger partial charge is 0.494 e. The van der Waals surface area contributed by atoms with Gasteiger partial charge in [0.25, 0.3) is 0 Å². The molecule has 0 heterocycles. The summed E-state index contributed by atoms with van der Waals surface area (Å²) in [6.45, 7) is 5.45. The fourth-order valence-electron chi connectivity index (χ4n) is 1.53. The van der Waals surface area contributed by atoms with Crippen LogP contribution < -0.4 is 10.1 Å². The zero-order valence-electron chi connectivity index (χ0n) is 12.3. The van der Waals surface area contributed by atoms with Crippen LogP contribution >= 0.6 is 0 Å². The number of hydrogen-bond donors (Lipinski definition) is 1. The molecule has 0 saturated heterocycles. The van der Waals surface area contributed by atoms with Crippen molar-refractivity contribution in [3.63, 3.8) is 0 Å². The van der Waals surface area contributed by atoms with E-state index in [1.165, 1.54) is 0 Å². The van der Waals surface area contributed by atoms with E-state index in [2.05, 4.69) is 19.2 Å². The number of benzene rings is 1. The van der Waals surface area contributed by atoms with E-state index >= 15 is 0 Å². The molecule has 0 aliphatic carbocycles. The van der Waals surface area contributed by atoms with Crippen LogP contribution in [0.15, 0.2) is 24.3 Å². The average Bonchev–Trinajstić information content (AvgIpc) is 2.29. The first-order valence-electron chi connectivity index (χ1n) is 6.65. The van der Waals surface area contributed by atoms with Gasteiger partial charge < -0.3 is 15.0 Å². The van der Waals surface area contributed by atoms with Crippen LogP contribution in [-0.2, 0) is 4.79 Å². The molecule has 0 spiro atoms. The van der Waals surface area contributed by atoms with Crippen LogP contribution in [0.25, 0.3) is 0 Å². The number of anilines is 1. The van der Waals surface area contributed by atoms with Crippen LogP contribution in [0.2, 0.25) is 0 Å². The Morgan fingerprint density at radius 1 is 1.26 bits per heavy atom. The van der Waals surface area contributed by atoms with Gasteiger partial charge in [-0.25, -0.2) is 0 Å². The minimum Gasteiger partial charge on any atom is -0.494 e. The highest BCUT2D eigenvalue weighted by Gasteiger charge is 2.03. The molecule has 0 bridgehead atoms. The van der Waals surface area contributed by atoms with Gasteiger partial charge in [0.1, 0.15) is 5.75 Å². The first-order chi connectivity index (χ1) is 8.97. The maximum atomic E-state index is 11.6. The topological polar surface area (TPSA) is 41.6 Å². The van der Waals surface area contributed by atoms with E-state index in [9.17, 15) is 4.79 Å². The van der Waals surface area contributed by atoms with E-state index in [1.54, 1.807) is 0 Å². The van der Waals surface area contributed by atoms with E-state index in [-0.39, 0.29) is 5.91 Å². The van der Waals surface area contributed by atoms with Crippen LogP contribution in [0.3, 0.4) is 0 Å².